The molecular weight excluding hydrogens is 918 g/mol. The van der Waals surface area contributed by atoms with Crippen molar-refractivity contribution in [1.29, 1.82) is 5.26 Å². The number of halogens is 3. The van der Waals surface area contributed by atoms with Crippen LogP contribution in [0.3, 0.4) is 0 Å². The van der Waals surface area contributed by atoms with E-state index in [9.17, 15) is 5.26 Å². The minimum Gasteiger partial charge on any atom is -0.307 e. The van der Waals surface area contributed by atoms with Gasteiger partial charge in [0.15, 0.2) is 5.69 Å². The van der Waals surface area contributed by atoms with E-state index in [0.29, 0.717) is 11.4 Å². The quantitative estimate of drug-likeness (QED) is 0.147. The molecule has 0 fully saturated rings. The zero-order chi connectivity index (χ0) is 51.0. The molecule has 354 valence electrons. The van der Waals surface area contributed by atoms with Gasteiger partial charge in [-0.05, 0) is 136 Å². The first-order valence-corrected chi connectivity index (χ1v) is 24.5. The fourth-order valence-corrected chi connectivity index (χ4v) is 11.2. The van der Waals surface area contributed by atoms with Gasteiger partial charge in [-0.3, -0.25) is 0 Å². The smallest absolute Gasteiger partial charge is 0.307 e. The standard InChI is InChI=1S/C67H45F3N4/c1-40-15-6-10-19-49(40)44-25-29-53-54-30-26-45(50-20-11-7-16-41(50)2)34-61(54)73(60(53)33-44)64-37-48(39-71)57(66-58(67(68,69)70)23-14-24-59(66)72-5)38-65(64)74-62-35-46(51-21-12-8-17-42(51)3)27-31-55(62)56-32-28-47(36-63(56)74)52-22-13-9-18-43(52)4/h6-38H,1-4H3. The van der Waals surface area contributed by atoms with Crippen LogP contribution in [0.5, 0.6) is 0 Å². The second kappa shape index (κ2) is 17.7. The fourth-order valence-electron chi connectivity index (χ4n) is 11.2. The Hall–Kier alpha value is -9.43. The van der Waals surface area contributed by atoms with E-state index in [4.69, 9.17) is 6.57 Å². The molecule has 0 N–H and O–H groups in total. The molecule has 0 aliphatic carbocycles. The van der Waals surface area contributed by atoms with Crippen molar-refractivity contribution in [2.45, 2.75) is 33.9 Å². The maximum absolute atomic E-state index is 15.4. The molecule has 4 nitrogen and oxygen atoms in total. The van der Waals surface area contributed by atoms with Crippen LogP contribution in [0.2, 0.25) is 0 Å². The Morgan fingerprint density at radius 3 is 1.09 bits per heavy atom. The number of benzene rings is 10. The van der Waals surface area contributed by atoms with Gasteiger partial charge in [-0.2, -0.15) is 18.4 Å². The van der Waals surface area contributed by atoms with Crippen molar-refractivity contribution in [2.75, 3.05) is 0 Å². The fraction of sp³-hybridized carbons (Fsp3) is 0.0746. The molecule has 12 aromatic rings. The zero-order valence-corrected chi connectivity index (χ0v) is 41.0. The number of alkyl halides is 3. The normalized spacial score (nSPS) is 11.7. The maximum atomic E-state index is 15.4. The minimum absolute atomic E-state index is 0.00672. The predicted molar refractivity (Wildman–Crippen MR) is 297 cm³/mol. The van der Waals surface area contributed by atoms with Crippen molar-refractivity contribution < 1.29 is 13.2 Å². The molecule has 12 rings (SSSR count). The SMILES string of the molecule is [C-]#[N+]c1cccc(C(F)(F)F)c1-c1cc(-n2c3cc(-c4ccccc4C)ccc3c3ccc(-c4ccccc4C)cc32)c(-n2c3cc(-c4ccccc4C)ccc3c3ccc(-c4ccccc4C)cc32)cc1C#N. The van der Waals surface area contributed by atoms with Crippen molar-refractivity contribution >= 4 is 49.3 Å². The van der Waals surface area contributed by atoms with E-state index in [-0.39, 0.29) is 22.4 Å². The number of fused-ring (bicyclic) bond motifs is 6. The van der Waals surface area contributed by atoms with Crippen LogP contribution in [0.15, 0.2) is 200 Å². The minimum atomic E-state index is -4.84. The summed E-state index contributed by atoms with van der Waals surface area (Å²) in [6.07, 6.45) is -4.84. The Bertz CT molecular complexity index is 4180. The van der Waals surface area contributed by atoms with Gasteiger partial charge < -0.3 is 9.13 Å². The molecule has 0 aliphatic heterocycles. The lowest BCUT2D eigenvalue weighted by Crippen LogP contribution is -2.09. The van der Waals surface area contributed by atoms with Gasteiger partial charge >= 0.3 is 6.18 Å². The molecule has 74 heavy (non-hydrogen) atoms. The molecule has 0 radical (unpaired) electrons. The number of aromatic nitrogens is 2. The molecule has 0 spiro atoms. The van der Waals surface area contributed by atoms with E-state index in [2.05, 4.69) is 169 Å². The van der Waals surface area contributed by atoms with E-state index >= 15 is 13.2 Å². The van der Waals surface area contributed by atoms with Crippen molar-refractivity contribution in [1.82, 2.24) is 9.13 Å². The first kappa shape index (κ1) is 45.7. The molecule has 0 saturated heterocycles. The molecule has 10 aromatic carbocycles. The van der Waals surface area contributed by atoms with Gasteiger partial charge in [-0.15, -0.1) is 0 Å². The topological polar surface area (TPSA) is 38.0 Å². The van der Waals surface area contributed by atoms with Crippen LogP contribution in [-0.4, -0.2) is 9.13 Å². The molecule has 0 bridgehead atoms. The molecule has 0 saturated carbocycles. The summed E-state index contributed by atoms with van der Waals surface area (Å²) in [6, 6.07) is 68.2. The highest BCUT2D eigenvalue weighted by atomic mass is 19.4. The molecule has 0 unspecified atom stereocenters. The Balaban J connectivity index is 1.30. The monoisotopic (exact) mass is 962 g/mol. The van der Waals surface area contributed by atoms with Gasteiger partial charge in [0.1, 0.15) is 0 Å². The van der Waals surface area contributed by atoms with Crippen LogP contribution in [-0.2, 0) is 6.18 Å². The van der Waals surface area contributed by atoms with Crippen molar-refractivity contribution in [2.24, 2.45) is 0 Å². The van der Waals surface area contributed by atoms with E-state index in [1.807, 2.05) is 48.5 Å². The highest BCUT2D eigenvalue weighted by molar-refractivity contribution is 6.14. The molecular formula is C67H45F3N4. The third-order valence-electron chi connectivity index (χ3n) is 14.8. The third kappa shape index (κ3) is 7.44. The first-order chi connectivity index (χ1) is 35.9. The predicted octanol–water partition coefficient (Wildman–Crippen LogP) is 18.9. The summed E-state index contributed by atoms with van der Waals surface area (Å²) in [7, 11) is 0. The van der Waals surface area contributed by atoms with Crippen LogP contribution >= 0.6 is 0 Å². The average molecular weight is 963 g/mol. The summed E-state index contributed by atoms with van der Waals surface area (Å²) in [5, 5.41) is 15.2. The van der Waals surface area contributed by atoms with Crippen molar-refractivity contribution in [3.8, 4) is 73.1 Å². The zero-order valence-electron chi connectivity index (χ0n) is 41.0. The lowest BCUT2D eigenvalue weighted by atomic mass is 9.92. The number of hydrogen-bond donors (Lipinski definition) is 0. The van der Waals surface area contributed by atoms with Gasteiger partial charge in [0.2, 0.25) is 0 Å². The molecule has 0 aliphatic rings. The molecule has 0 atom stereocenters. The summed E-state index contributed by atoms with van der Waals surface area (Å²) >= 11 is 0. The third-order valence-corrected chi connectivity index (χ3v) is 14.8. The van der Waals surface area contributed by atoms with Gasteiger partial charge in [0, 0.05) is 27.1 Å². The van der Waals surface area contributed by atoms with E-state index in [1.54, 1.807) is 12.1 Å². The van der Waals surface area contributed by atoms with Gasteiger partial charge in [0.25, 0.3) is 0 Å². The highest BCUT2D eigenvalue weighted by Gasteiger charge is 2.36. The Morgan fingerprint density at radius 2 is 0.770 bits per heavy atom. The summed E-state index contributed by atoms with van der Waals surface area (Å²) in [4.78, 5) is 3.67. The van der Waals surface area contributed by atoms with Crippen LogP contribution in [0.1, 0.15) is 33.4 Å². The van der Waals surface area contributed by atoms with Gasteiger partial charge in [-0.25, -0.2) is 4.85 Å². The second-order valence-electron chi connectivity index (χ2n) is 19.2. The number of rotatable bonds is 7. The summed E-state index contributed by atoms with van der Waals surface area (Å²) in [5.41, 5.74) is 15.4. The Kier molecular flexibility index (Phi) is 10.9. The van der Waals surface area contributed by atoms with E-state index < -0.39 is 11.7 Å². The molecule has 7 heteroatoms. The molecule has 2 heterocycles. The van der Waals surface area contributed by atoms with E-state index in [1.165, 1.54) is 12.1 Å². The summed E-state index contributed by atoms with van der Waals surface area (Å²) in [5.74, 6) is 0. The second-order valence-corrected chi connectivity index (χ2v) is 19.2. The number of aryl methyl sites for hydroxylation is 4. The van der Waals surface area contributed by atoms with Crippen LogP contribution < -0.4 is 0 Å². The van der Waals surface area contributed by atoms with Crippen LogP contribution in [0, 0.1) is 45.6 Å². The first-order valence-electron chi connectivity index (χ1n) is 24.5. The van der Waals surface area contributed by atoms with Gasteiger partial charge in [0.05, 0.1) is 57.2 Å². The molecule has 0 amide bonds. The van der Waals surface area contributed by atoms with E-state index in [0.717, 1.165) is 116 Å². The number of hydrogen-bond acceptors (Lipinski definition) is 1. The molecule has 2 aromatic heterocycles. The van der Waals surface area contributed by atoms with Crippen LogP contribution in [0.25, 0.3) is 115 Å². The lowest BCUT2D eigenvalue weighted by molar-refractivity contribution is -0.137. The number of nitrogens with zero attached hydrogens (tertiary/aromatic N) is 4. The summed E-state index contributed by atoms with van der Waals surface area (Å²) < 4.78 is 50.6. The van der Waals surface area contributed by atoms with Gasteiger partial charge in [-0.1, -0.05) is 164 Å². The van der Waals surface area contributed by atoms with Crippen LogP contribution in [0.4, 0.5) is 18.9 Å². The summed E-state index contributed by atoms with van der Waals surface area (Å²) in [6.45, 7) is 16.6. The van der Waals surface area contributed by atoms with Crippen molar-refractivity contribution in [3.05, 3.63) is 245 Å². The average Bonchev–Trinajstić information content (AvgIpc) is 3.94. The highest BCUT2D eigenvalue weighted by Crippen LogP contribution is 2.48. The van der Waals surface area contributed by atoms with Crippen molar-refractivity contribution in [3.63, 3.8) is 0 Å². The Morgan fingerprint density at radius 1 is 0.419 bits per heavy atom. The number of nitriles is 1. The largest absolute Gasteiger partial charge is 0.415 e. The maximum Gasteiger partial charge on any atom is 0.415 e. The lowest BCUT2D eigenvalue weighted by Gasteiger charge is -2.22. The Labute approximate surface area is 426 Å².